The van der Waals surface area contributed by atoms with Gasteiger partial charge in [-0.1, -0.05) is 6.08 Å². The number of nitrogens with zero attached hydrogens (tertiary/aromatic N) is 3. The van der Waals surface area contributed by atoms with Crippen molar-refractivity contribution in [2.75, 3.05) is 40.1 Å². The quantitative estimate of drug-likeness (QED) is 0.505. The number of cyclic esters (lactones) is 1. The van der Waals surface area contributed by atoms with Crippen LogP contribution in [0.1, 0.15) is 19.3 Å². The Morgan fingerprint density at radius 3 is 3.00 bits per heavy atom. The van der Waals surface area contributed by atoms with E-state index in [9.17, 15) is 4.79 Å². The standard InChI is InChI=1S/C15H23N3O4/c1-16-9-14-10-18(15(19)22-14)13-5-3-12(4-6-13)17-11-21-8-7-20-2/h5,14H,1,3-4,6-11H2,2H3. The van der Waals surface area contributed by atoms with E-state index in [1.165, 1.54) is 0 Å². The Morgan fingerprint density at radius 1 is 1.45 bits per heavy atom. The van der Waals surface area contributed by atoms with Gasteiger partial charge in [-0.25, -0.2) is 4.79 Å². The monoisotopic (exact) mass is 309 g/mol. The predicted molar refractivity (Wildman–Crippen MR) is 83.5 cm³/mol. The number of rotatable bonds is 8. The van der Waals surface area contributed by atoms with Crippen LogP contribution in [0.2, 0.25) is 0 Å². The fourth-order valence-corrected chi connectivity index (χ4v) is 2.44. The molecule has 1 unspecified atom stereocenters. The molecule has 1 aliphatic carbocycles. The second kappa shape index (κ2) is 8.65. The molecule has 2 aliphatic rings. The van der Waals surface area contributed by atoms with Crippen LogP contribution in [0, 0.1) is 0 Å². The molecule has 0 bridgehead atoms. The predicted octanol–water partition coefficient (Wildman–Crippen LogP) is 1.64. The summed E-state index contributed by atoms with van der Waals surface area (Å²) >= 11 is 0. The van der Waals surface area contributed by atoms with Gasteiger partial charge >= 0.3 is 6.09 Å². The molecule has 2 rings (SSSR count). The van der Waals surface area contributed by atoms with Crippen molar-refractivity contribution in [3.05, 3.63) is 11.8 Å². The first-order valence-corrected chi connectivity index (χ1v) is 7.43. The summed E-state index contributed by atoms with van der Waals surface area (Å²) in [6.07, 6.45) is 3.95. The largest absolute Gasteiger partial charge is 0.442 e. The van der Waals surface area contributed by atoms with E-state index in [1.54, 1.807) is 12.0 Å². The maximum absolute atomic E-state index is 11.9. The highest BCUT2D eigenvalue weighted by atomic mass is 16.6. The fourth-order valence-electron chi connectivity index (χ4n) is 2.44. The van der Waals surface area contributed by atoms with Crippen LogP contribution in [-0.2, 0) is 14.2 Å². The van der Waals surface area contributed by atoms with Crippen LogP contribution in [0.15, 0.2) is 21.8 Å². The molecule has 7 nitrogen and oxygen atoms in total. The summed E-state index contributed by atoms with van der Waals surface area (Å²) in [4.78, 5) is 21.7. The minimum Gasteiger partial charge on any atom is -0.442 e. The molecule has 0 aromatic carbocycles. The van der Waals surface area contributed by atoms with Crippen molar-refractivity contribution < 1.29 is 19.0 Å². The molecule has 1 fully saturated rings. The molecular weight excluding hydrogens is 286 g/mol. The summed E-state index contributed by atoms with van der Waals surface area (Å²) in [5.41, 5.74) is 2.11. The molecular formula is C15H23N3O4. The molecule has 22 heavy (non-hydrogen) atoms. The van der Waals surface area contributed by atoms with E-state index in [0.717, 1.165) is 30.7 Å². The van der Waals surface area contributed by atoms with Crippen molar-refractivity contribution in [2.45, 2.75) is 25.4 Å². The van der Waals surface area contributed by atoms with Crippen LogP contribution in [0.3, 0.4) is 0 Å². The van der Waals surface area contributed by atoms with Gasteiger partial charge in [0.1, 0.15) is 12.8 Å². The molecule has 0 radical (unpaired) electrons. The summed E-state index contributed by atoms with van der Waals surface area (Å²) < 4.78 is 15.5. The van der Waals surface area contributed by atoms with Crippen LogP contribution in [0.4, 0.5) is 4.79 Å². The van der Waals surface area contributed by atoms with Crippen molar-refractivity contribution in [2.24, 2.45) is 9.98 Å². The van der Waals surface area contributed by atoms with Crippen LogP contribution in [0.5, 0.6) is 0 Å². The molecule has 122 valence electrons. The highest BCUT2D eigenvalue weighted by Crippen LogP contribution is 2.25. The Kier molecular flexibility index (Phi) is 6.54. The number of hydrogen-bond acceptors (Lipinski definition) is 6. The molecule has 1 atom stereocenters. The van der Waals surface area contributed by atoms with Gasteiger partial charge in [0, 0.05) is 24.9 Å². The first-order valence-electron chi connectivity index (χ1n) is 7.43. The van der Waals surface area contributed by atoms with Gasteiger partial charge in [-0.15, -0.1) is 0 Å². The molecule has 0 N–H and O–H groups in total. The molecule has 0 aromatic rings. The Labute approximate surface area is 130 Å². The zero-order chi connectivity index (χ0) is 15.8. The van der Waals surface area contributed by atoms with Gasteiger partial charge in [0.05, 0.1) is 26.3 Å². The van der Waals surface area contributed by atoms with Crippen molar-refractivity contribution >= 4 is 18.5 Å². The fraction of sp³-hybridized carbons (Fsp3) is 0.667. The minimum atomic E-state index is -0.289. The van der Waals surface area contributed by atoms with E-state index in [2.05, 4.69) is 16.7 Å². The normalized spacial score (nSPS) is 23.6. The SMILES string of the molecule is C=NCC1CN(C2=CCC(=NCOCCOC)CC2)C(=O)O1. The molecule has 1 aliphatic heterocycles. The van der Waals surface area contributed by atoms with E-state index in [0.29, 0.717) is 33.0 Å². The van der Waals surface area contributed by atoms with Crippen molar-refractivity contribution in [1.82, 2.24) is 4.90 Å². The average Bonchev–Trinajstić information content (AvgIpc) is 2.89. The van der Waals surface area contributed by atoms with Crippen LogP contribution < -0.4 is 0 Å². The zero-order valence-electron chi connectivity index (χ0n) is 13.0. The molecule has 7 heteroatoms. The highest BCUT2D eigenvalue weighted by Gasteiger charge is 2.33. The lowest BCUT2D eigenvalue weighted by Crippen LogP contribution is -2.27. The molecule has 0 aromatic heterocycles. The van der Waals surface area contributed by atoms with Gasteiger partial charge in [0.15, 0.2) is 0 Å². The average molecular weight is 309 g/mol. The van der Waals surface area contributed by atoms with E-state index >= 15 is 0 Å². The number of allylic oxidation sites excluding steroid dienone is 2. The number of methoxy groups -OCH3 is 1. The first kappa shape index (κ1) is 16.6. The molecule has 0 saturated carbocycles. The van der Waals surface area contributed by atoms with E-state index in [-0.39, 0.29) is 12.2 Å². The third kappa shape index (κ3) is 4.64. The number of aliphatic imine (C=N–C) groups is 2. The Bertz CT molecular complexity index is 462. The van der Waals surface area contributed by atoms with E-state index in [4.69, 9.17) is 14.2 Å². The molecule has 0 spiro atoms. The zero-order valence-corrected chi connectivity index (χ0v) is 13.0. The van der Waals surface area contributed by atoms with Crippen molar-refractivity contribution in [3.8, 4) is 0 Å². The van der Waals surface area contributed by atoms with Gasteiger partial charge in [0.2, 0.25) is 0 Å². The summed E-state index contributed by atoms with van der Waals surface area (Å²) in [7, 11) is 1.64. The summed E-state index contributed by atoms with van der Waals surface area (Å²) in [5, 5.41) is 0. The topological polar surface area (TPSA) is 72.7 Å². The van der Waals surface area contributed by atoms with Crippen molar-refractivity contribution in [1.29, 1.82) is 0 Å². The number of carbonyl (C=O) groups excluding carboxylic acids is 1. The molecule has 1 amide bonds. The van der Waals surface area contributed by atoms with E-state index in [1.807, 2.05) is 6.08 Å². The van der Waals surface area contributed by atoms with Gasteiger partial charge in [-0.3, -0.25) is 14.9 Å². The second-order valence-electron chi connectivity index (χ2n) is 5.18. The lowest BCUT2D eigenvalue weighted by molar-refractivity contribution is 0.0748. The third-order valence-electron chi connectivity index (χ3n) is 3.61. The maximum Gasteiger partial charge on any atom is 0.414 e. The van der Waals surface area contributed by atoms with Crippen molar-refractivity contribution in [3.63, 3.8) is 0 Å². The Morgan fingerprint density at radius 2 is 2.32 bits per heavy atom. The van der Waals surface area contributed by atoms with Gasteiger partial charge in [-0.05, 0) is 19.6 Å². The maximum atomic E-state index is 11.9. The third-order valence-corrected chi connectivity index (χ3v) is 3.61. The summed E-state index contributed by atoms with van der Waals surface area (Å²) in [5.74, 6) is 0. The molecule has 1 saturated heterocycles. The van der Waals surface area contributed by atoms with Crippen LogP contribution in [-0.4, -0.2) is 69.7 Å². The van der Waals surface area contributed by atoms with E-state index < -0.39 is 0 Å². The lowest BCUT2D eigenvalue weighted by Gasteiger charge is -2.21. The number of carbonyl (C=O) groups is 1. The minimum absolute atomic E-state index is 0.185. The lowest BCUT2D eigenvalue weighted by atomic mass is 10.0. The Hall–Kier alpha value is -1.73. The van der Waals surface area contributed by atoms with Crippen LogP contribution in [0.25, 0.3) is 0 Å². The van der Waals surface area contributed by atoms with Crippen LogP contribution >= 0.6 is 0 Å². The summed E-state index contributed by atoms with van der Waals surface area (Å²) in [6, 6.07) is 0. The first-order chi connectivity index (χ1) is 10.7. The highest BCUT2D eigenvalue weighted by molar-refractivity contribution is 5.87. The van der Waals surface area contributed by atoms with Gasteiger partial charge in [-0.2, -0.15) is 0 Å². The second-order valence-corrected chi connectivity index (χ2v) is 5.18. The Balaban J connectivity index is 1.80. The van der Waals surface area contributed by atoms with Gasteiger partial charge < -0.3 is 14.2 Å². The number of amides is 1. The number of ether oxygens (including phenoxy) is 3. The smallest absolute Gasteiger partial charge is 0.414 e. The summed E-state index contributed by atoms with van der Waals surface area (Å²) in [6.45, 7) is 5.92. The number of hydrogen-bond donors (Lipinski definition) is 0. The molecule has 1 heterocycles. The van der Waals surface area contributed by atoms with Gasteiger partial charge in [0.25, 0.3) is 0 Å².